The Kier molecular flexibility index (Phi) is 6.69. The Bertz CT molecular complexity index is 729. The van der Waals surface area contributed by atoms with Gasteiger partial charge in [-0.05, 0) is 12.0 Å². The minimum atomic E-state index is -3.94. The third-order valence-corrected chi connectivity index (χ3v) is 6.39. The number of nitrogens with one attached hydrogen (secondary N) is 1. The lowest BCUT2D eigenvalue weighted by molar-refractivity contribution is -0.139. The van der Waals surface area contributed by atoms with Crippen LogP contribution in [0.5, 0.6) is 0 Å². The minimum absolute atomic E-state index is 0.128. The standard InChI is InChI=1S/C13H20N2O6S2/c1-15(2)23(20,21)10-6-9-22(18,19)14-12(13(16)17)11-7-4-3-5-8-11/h3-5,7-8,12,14H,6,9-10H2,1-2H3,(H,16,17)/t12-/m0/s1. The van der Waals surface area contributed by atoms with Gasteiger partial charge in [0.15, 0.2) is 0 Å². The van der Waals surface area contributed by atoms with Crippen molar-refractivity contribution in [2.45, 2.75) is 12.5 Å². The molecule has 1 rings (SSSR count). The fraction of sp³-hybridized carbons (Fsp3) is 0.462. The number of carboxylic acid groups (broad SMARTS) is 1. The highest BCUT2D eigenvalue weighted by Crippen LogP contribution is 2.14. The monoisotopic (exact) mass is 364 g/mol. The summed E-state index contributed by atoms with van der Waals surface area (Å²) in [7, 11) is -4.71. The molecule has 0 aliphatic carbocycles. The van der Waals surface area contributed by atoms with Crippen LogP contribution in [0.4, 0.5) is 0 Å². The van der Waals surface area contributed by atoms with Gasteiger partial charge in [-0.15, -0.1) is 0 Å². The Labute approximate surface area is 136 Å². The lowest BCUT2D eigenvalue weighted by Gasteiger charge is -2.15. The van der Waals surface area contributed by atoms with Crippen LogP contribution < -0.4 is 4.72 Å². The number of hydrogen-bond acceptors (Lipinski definition) is 5. The van der Waals surface area contributed by atoms with E-state index < -0.39 is 37.8 Å². The third-order valence-electron chi connectivity index (χ3n) is 3.05. The number of nitrogens with zero attached hydrogens (tertiary/aromatic N) is 1. The number of carboxylic acids is 1. The highest BCUT2D eigenvalue weighted by Gasteiger charge is 2.26. The smallest absolute Gasteiger partial charge is 0.326 e. The van der Waals surface area contributed by atoms with Gasteiger partial charge in [-0.2, -0.15) is 4.72 Å². The number of benzene rings is 1. The van der Waals surface area contributed by atoms with Gasteiger partial charge in [0.1, 0.15) is 6.04 Å². The Balaban J connectivity index is 2.75. The molecule has 1 aromatic carbocycles. The first-order valence-corrected chi connectivity index (χ1v) is 9.99. The molecule has 0 spiro atoms. The second kappa shape index (κ2) is 7.86. The van der Waals surface area contributed by atoms with E-state index in [4.69, 9.17) is 0 Å². The molecular formula is C13H20N2O6S2. The highest BCUT2D eigenvalue weighted by atomic mass is 32.2. The largest absolute Gasteiger partial charge is 0.480 e. The summed E-state index contributed by atoms with van der Waals surface area (Å²) in [6.45, 7) is 0. The zero-order chi connectivity index (χ0) is 17.7. The molecule has 130 valence electrons. The summed E-state index contributed by atoms with van der Waals surface area (Å²) in [6, 6.07) is 6.47. The van der Waals surface area contributed by atoms with Gasteiger partial charge >= 0.3 is 5.97 Å². The van der Waals surface area contributed by atoms with Gasteiger partial charge in [0.05, 0.1) is 11.5 Å². The first-order chi connectivity index (χ1) is 10.6. The first kappa shape index (κ1) is 19.6. The maximum atomic E-state index is 12.0. The number of aliphatic carboxylic acids is 1. The summed E-state index contributed by atoms with van der Waals surface area (Å²) >= 11 is 0. The third kappa shape index (κ3) is 6.26. The molecule has 10 heteroatoms. The molecule has 23 heavy (non-hydrogen) atoms. The second-order valence-electron chi connectivity index (χ2n) is 5.07. The molecule has 0 amide bonds. The van der Waals surface area contributed by atoms with Crippen molar-refractivity contribution in [1.82, 2.24) is 9.03 Å². The van der Waals surface area contributed by atoms with Gasteiger partial charge in [0.25, 0.3) is 0 Å². The van der Waals surface area contributed by atoms with Crippen LogP contribution in [0, 0.1) is 0 Å². The molecule has 0 saturated carbocycles. The van der Waals surface area contributed by atoms with Crippen molar-refractivity contribution in [1.29, 1.82) is 0 Å². The van der Waals surface area contributed by atoms with Crippen LogP contribution in [-0.2, 0) is 24.8 Å². The second-order valence-corrected chi connectivity index (χ2v) is 9.25. The molecule has 1 aromatic rings. The van der Waals surface area contributed by atoms with Crippen molar-refractivity contribution in [3.05, 3.63) is 35.9 Å². The van der Waals surface area contributed by atoms with Crippen molar-refractivity contribution >= 4 is 26.0 Å². The van der Waals surface area contributed by atoms with E-state index in [2.05, 4.69) is 4.72 Å². The molecular weight excluding hydrogens is 344 g/mol. The molecule has 0 aliphatic rings. The average molecular weight is 364 g/mol. The zero-order valence-corrected chi connectivity index (χ0v) is 14.5. The molecule has 0 aromatic heterocycles. The zero-order valence-electron chi connectivity index (χ0n) is 12.8. The van der Waals surface area contributed by atoms with Gasteiger partial charge in [-0.25, -0.2) is 21.1 Å². The van der Waals surface area contributed by atoms with E-state index in [-0.39, 0.29) is 12.2 Å². The summed E-state index contributed by atoms with van der Waals surface area (Å²) in [6.07, 6.45) is -0.128. The van der Waals surface area contributed by atoms with Gasteiger partial charge in [-0.1, -0.05) is 30.3 Å². The van der Waals surface area contributed by atoms with Crippen molar-refractivity contribution in [3.63, 3.8) is 0 Å². The van der Waals surface area contributed by atoms with E-state index in [1.165, 1.54) is 26.2 Å². The summed E-state index contributed by atoms with van der Waals surface area (Å²) in [5.41, 5.74) is 0.296. The van der Waals surface area contributed by atoms with E-state index in [1.807, 2.05) is 0 Å². The van der Waals surface area contributed by atoms with Gasteiger partial charge in [0, 0.05) is 14.1 Å². The average Bonchev–Trinajstić information content (AvgIpc) is 2.45. The molecule has 0 unspecified atom stereocenters. The summed E-state index contributed by atoms with van der Waals surface area (Å²) in [5, 5.41) is 9.19. The lowest BCUT2D eigenvalue weighted by Crippen LogP contribution is -2.36. The number of rotatable bonds is 9. The van der Waals surface area contributed by atoms with E-state index >= 15 is 0 Å². The summed E-state index contributed by atoms with van der Waals surface area (Å²) in [5.74, 6) is -2.14. The Morgan fingerprint density at radius 3 is 2.17 bits per heavy atom. The molecule has 0 aliphatic heterocycles. The minimum Gasteiger partial charge on any atom is -0.480 e. The van der Waals surface area contributed by atoms with E-state index in [1.54, 1.807) is 18.2 Å². The maximum absolute atomic E-state index is 12.0. The van der Waals surface area contributed by atoms with E-state index in [0.717, 1.165) is 4.31 Å². The van der Waals surface area contributed by atoms with E-state index in [0.29, 0.717) is 5.56 Å². The lowest BCUT2D eigenvalue weighted by atomic mass is 10.1. The van der Waals surface area contributed by atoms with Crippen LogP contribution >= 0.6 is 0 Å². The summed E-state index contributed by atoms with van der Waals surface area (Å²) < 4.78 is 50.3. The van der Waals surface area contributed by atoms with E-state index in [9.17, 15) is 26.7 Å². The predicted octanol–water partition coefficient (Wildman–Crippen LogP) is 0.0132. The molecule has 0 saturated heterocycles. The van der Waals surface area contributed by atoms with Crippen LogP contribution in [0.15, 0.2) is 30.3 Å². The Morgan fingerprint density at radius 2 is 1.70 bits per heavy atom. The molecule has 2 N–H and O–H groups in total. The van der Waals surface area contributed by atoms with Crippen LogP contribution in [0.25, 0.3) is 0 Å². The molecule has 8 nitrogen and oxygen atoms in total. The SMILES string of the molecule is CN(C)S(=O)(=O)CCCS(=O)(=O)N[C@H](C(=O)O)c1ccccc1. The van der Waals surface area contributed by atoms with Crippen molar-refractivity contribution in [2.75, 3.05) is 25.6 Å². The quantitative estimate of drug-likeness (QED) is 0.637. The normalized spacial score (nSPS) is 13.9. The van der Waals surface area contributed by atoms with Crippen LogP contribution in [0.2, 0.25) is 0 Å². The molecule has 0 bridgehead atoms. The predicted molar refractivity (Wildman–Crippen MR) is 85.8 cm³/mol. The topological polar surface area (TPSA) is 121 Å². The summed E-state index contributed by atoms with van der Waals surface area (Å²) in [4.78, 5) is 11.3. The van der Waals surface area contributed by atoms with Crippen LogP contribution in [-0.4, -0.2) is 57.8 Å². The fourth-order valence-electron chi connectivity index (χ4n) is 1.76. The van der Waals surface area contributed by atoms with Crippen molar-refractivity contribution < 1.29 is 26.7 Å². The number of sulfonamides is 2. The first-order valence-electron chi connectivity index (χ1n) is 6.73. The highest BCUT2D eigenvalue weighted by molar-refractivity contribution is 7.90. The molecule has 0 fully saturated rings. The van der Waals surface area contributed by atoms with Crippen molar-refractivity contribution in [2.24, 2.45) is 0 Å². The number of hydrogen-bond donors (Lipinski definition) is 2. The van der Waals surface area contributed by atoms with Crippen LogP contribution in [0.1, 0.15) is 18.0 Å². The maximum Gasteiger partial charge on any atom is 0.326 e. The van der Waals surface area contributed by atoms with Gasteiger partial charge in [-0.3, -0.25) is 4.79 Å². The molecule has 0 radical (unpaired) electrons. The fourth-order valence-corrected chi connectivity index (χ4v) is 4.05. The molecule has 0 heterocycles. The number of carbonyl (C=O) groups is 1. The van der Waals surface area contributed by atoms with Gasteiger partial charge < -0.3 is 5.11 Å². The molecule has 1 atom stereocenters. The van der Waals surface area contributed by atoms with Gasteiger partial charge in [0.2, 0.25) is 20.0 Å². The Morgan fingerprint density at radius 1 is 1.13 bits per heavy atom. The van der Waals surface area contributed by atoms with Crippen molar-refractivity contribution in [3.8, 4) is 0 Å². The Hall–Kier alpha value is -1.49. The van der Waals surface area contributed by atoms with Crippen LogP contribution in [0.3, 0.4) is 0 Å².